The van der Waals surface area contributed by atoms with Crippen molar-refractivity contribution in [2.75, 3.05) is 12.9 Å². The fourth-order valence-corrected chi connectivity index (χ4v) is 2.50. The van der Waals surface area contributed by atoms with Crippen LogP contribution in [0.2, 0.25) is 10.0 Å². The third kappa shape index (κ3) is 4.98. The van der Waals surface area contributed by atoms with Crippen molar-refractivity contribution in [1.29, 1.82) is 0 Å². The van der Waals surface area contributed by atoms with Gasteiger partial charge in [0.15, 0.2) is 0 Å². The van der Waals surface area contributed by atoms with Crippen LogP contribution in [-0.2, 0) is 14.3 Å². The lowest BCUT2D eigenvalue weighted by Crippen LogP contribution is -2.12. The zero-order valence-electron chi connectivity index (χ0n) is 9.90. The molecule has 0 fully saturated rings. The fourth-order valence-electron chi connectivity index (χ4n) is 1.52. The van der Waals surface area contributed by atoms with Gasteiger partial charge in [-0.2, -0.15) is 8.42 Å². The Morgan fingerprint density at radius 1 is 1.44 bits per heavy atom. The van der Waals surface area contributed by atoms with Gasteiger partial charge in [0, 0.05) is 16.0 Å². The lowest BCUT2D eigenvalue weighted by atomic mass is 9.97. The number of halogens is 2. The van der Waals surface area contributed by atoms with Gasteiger partial charge in [-0.1, -0.05) is 35.3 Å². The Hall–Kier alpha value is -0.550. The minimum atomic E-state index is -3.47. The molecular weight excluding hydrogens is 295 g/mol. The Labute approximate surface area is 117 Å². The average Bonchev–Trinajstić information content (AvgIpc) is 2.24. The monoisotopic (exact) mass is 308 g/mol. The summed E-state index contributed by atoms with van der Waals surface area (Å²) >= 11 is 11.9. The summed E-state index contributed by atoms with van der Waals surface area (Å²) in [6.45, 7) is 3.68. The van der Waals surface area contributed by atoms with E-state index in [4.69, 9.17) is 27.4 Å². The van der Waals surface area contributed by atoms with Gasteiger partial charge in [0.1, 0.15) is 0 Å². The molecule has 1 aromatic rings. The molecule has 0 bridgehead atoms. The zero-order valence-corrected chi connectivity index (χ0v) is 12.2. The smallest absolute Gasteiger partial charge is 0.264 e. The second-order valence-corrected chi connectivity index (χ2v) is 6.36. The van der Waals surface area contributed by atoms with Crippen LogP contribution in [0.25, 0.3) is 0 Å². The molecule has 3 nitrogen and oxygen atoms in total. The molecule has 0 aliphatic heterocycles. The van der Waals surface area contributed by atoms with Crippen molar-refractivity contribution >= 4 is 33.3 Å². The van der Waals surface area contributed by atoms with E-state index in [1.165, 1.54) is 0 Å². The first-order valence-electron chi connectivity index (χ1n) is 5.23. The highest BCUT2D eigenvalue weighted by Crippen LogP contribution is 2.30. The molecule has 0 saturated carbocycles. The quantitative estimate of drug-likeness (QED) is 0.595. The first-order valence-corrected chi connectivity index (χ1v) is 7.81. The summed E-state index contributed by atoms with van der Waals surface area (Å²) in [5, 5.41) is 1.02. The molecule has 100 valence electrons. The van der Waals surface area contributed by atoms with E-state index in [0.717, 1.165) is 11.8 Å². The summed E-state index contributed by atoms with van der Waals surface area (Å²) in [6.07, 6.45) is 3.28. The first-order chi connectivity index (χ1) is 8.33. The maximum atomic E-state index is 11.0. The summed E-state index contributed by atoms with van der Waals surface area (Å²) in [4.78, 5) is 0. The maximum absolute atomic E-state index is 11.0. The average molecular weight is 309 g/mol. The third-order valence-electron chi connectivity index (χ3n) is 2.34. The molecule has 0 N–H and O–H groups in total. The molecule has 0 aliphatic rings. The van der Waals surface area contributed by atoms with Crippen LogP contribution in [-0.4, -0.2) is 21.3 Å². The van der Waals surface area contributed by atoms with E-state index in [1.54, 1.807) is 24.3 Å². The highest BCUT2D eigenvalue weighted by molar-refractivity contribution is 7.85. The van der Waals surface area contributed by atoms with Gasteiger partial charge >= 0.3 is 0 Å². The van der Waals surface area contributed by atoms with Crippen LogP contribution in [0.5, 0.6) is 0 Å². The second-order valence-electron chi connectivity index (χ2n) is 3.88. The topological polar surface area (TPSA) is 43.4 Å². The molecule has 0 amide bonds. The molecule has 0 heterocycles. The zero-order chi connectivity index (χ0) is 13.8. The third-order valence-corrected chi connectivity index (χ3v) is 3.46. The van der Waals surface area contributed by atoms with Crippen LogP contribution in [0.15, 0.2) is 30.9 Å². The SMILES string of the molecule is C=CCC(COS(C)(=O)=O)c1ccc(Cl)cc1Cl. The van der Waals surface area contributed by atoms with Gasteiger partial charge in [0.25, 0.3) is 10.1 Å². The standard InChI is InChI=1S/C12H14Cl2O3S/c1-3-4-9(8-17-18(2,15)16)11-6-5-10(13)7-12(11)14/h3,5-7,9H,1,4,8H2,2H3. The van der Waals surface area contributed by atoms with Crippen LogP contribution in [0.1, 0.15) is 17.9 Å². The van der Waals surface area contributed by atoms with Crippen LogP contribution in [0.3, 0.4) is 0 Å². The van der Waals surface area contributed by atoms with Gasteiger partial charge < -0.3 is 0 Å². The van der Waals surface area contributed by atoms with Gasteiger partial charge in [0.05, 0.1) is 12.9 Å². The summed E-state index contributed by atoms with van der Waals surface area (Å²) < 4.78 is 26.8. The van der Waals surface area contributed by atoms with Crippen molar-refractivity contribution < 1.29 is 12.6 Å². The lowest BCUT2D eigenvalue weighted by molar-refractivity contribution is 0.295. The van der Waals surface area contributed by atoms with E-state index in [2.05, 4.69) is 6.58 Å². The molecule has 1 rings (SSSR count). The highest BCUT2D eigenvalue weighted by atomic mass is 35.5. The van der Waals surface area contributed by atoms with Crippen molar-refractivity contribution in [3.8, 4) is 0 Å². The molecule has 0 aromatic heterocycles. The van der Waals surface area contributed by atoms with Crippen LogP contribution in [0.4, 0.5) is 0 Å². The van der Waals surface area contributed by atoms with Crippen LogP contribution in [0, 0.1) is 0 Å². The normalized spacial score (nSPS) is 13.3. The Bertz CT molecular complexity index is 526. The number of benzene rings is 1. The van der Waals surface area contributed by atoms with E-state index in [1.807, 2.05) is 0 Å². The minimum Gasteiger partial charge on any atom is -0.270 e. The predicted octanol–water partition coefficient (Wildman–Crippen LogP) is 3.63. The predicted molar refractivity (Wildman–Crippen MR) is 74.8 cm³/mol. The summed E-state index contributed by atoms with van der Waals surface area (Å²) in [5.41, 5.74) is 0.796. The van der Waals surface area contributed by atoms with Crippen molar-refractivity contribution in [1.82, 2.24) is 0 Å². The molecule has 18 heavy (non-hydrogen) atoms. The van der Waals surface area contributed by atoms with E-state index >= 15 is 0 Å². The van der Waals surface area contributed by atoms with Crippen LogP contribution >= 0.6 is 23.2 Å². The van der Waals surface area contributed by atoms with Gasteiger partial charge in [-0.05, 0) is 24.1 Å². The summed E-state index contributed by atoms with van der Waals surface area (Å²) in [7, 11) is -3.47. The minimum absolute atomic E-state index is 0.0339. The Balaban J connectivity index is 2.93. The molecule has 0 spiro atoms. The van der Waals surface area contributed by atoms with E-state index in [0.29, 0.717) is 16.5 Å². The number of hydrogen-bond acceptors (Lipinski definition) is 3. The largest absolute Gasteiger partial charge is 0.270 e. The number of hydrogen-bond donors (Lipinski definition) is 0. The molecule has 0 saturated heterocycles. The Kier molecular flexibility index (Phi) is 5.66. The summed E-state index contributed by atoms with van der Waals surface area (Å²) in [6, 6.07) is 5.10. The van der Waals surface area contributed by atoms with E-state index in [9.17, 15) is 8.42 Å². The molecule has 1 aromatic carbocycles. The van der Waals surface area contributed by atoms with Gasteiger partial charge in [-0.25, -0.2) is 0 Å². The molecule has 0 aliphatic carbocycles. The van der Waals surface area contributed by atoms with Crippen molar-refractivity contribution in [3.05, 3.63) is 46.5 Å². The van der Waals surface area contributed by atoms with Crippen molar-refractivity contribution in [2.24, 2.45) is 0 Å². The van der Waals surface area contributed by atoms with Gasteiger partial charge in [0.2, 0.25) is 0 Å². The van der Waals surface area contributed by atoms with E-state index < -0.39 is 10.1 Å². The van der Waals surface area contributed by atoms with Crippen molar-refractivity contribution in [2.45, 2.75) is 12.3 Å². The van der Waals surface area contributed by atoms with E-state index in [-0.39, 0.29) is 12.5 Å². The van der Waals surface area contributed by atoms with Gasteiger partial charge in [-0.3, -0.25) is 4.18 Å². The summed E-state index contributed by atoms with van der Waals surface area (Å²) in [5.74, 6) is -0.165. The fraction of sp³-hybridized carbons (Fsp3) is 0.333. The molecule has 0 radical (unpaired) electrons. The molecule has 1 unspecified atom stereocenters. The highest BCUT2D eigenvalue weighted by Gasteiger charge is 2.16. The molecular formula is C12H14Cl2O3S. The number of allylic oxidation sites excluding steroid dienone is 1. The Morgan fingerprint density at radius 2 is 2.11 bits per heavy atom. The Morgan fingerprint density at radius 3 is 2.61 bits per heavy atom. The van der Waals surface area contributed by atoms with Gasteiger partial charge in [-0.15, -0.1) is 6.58 Å². The second kappa shape index (κ2) is 6.57. The molecule has 6 heteroatoms. The first kappa shape index (κ1) is 15.5. The molecule has 1 atom stereocenters. The number of rotatable bonds is 6. The maximum Gasteiger partial charge on any atom is 0.264 e. The van der Waals surface area contributed by atoms with Crippen LogP contribution < -0.4 is 0 Å². The lowest BCUT2D eigenvalue weighted by Gasteiger charge is -2.16. The van der Waals surface area contributed by atoms with Crippen molar-refractivity contribution in [3.63, 3.8) is 0 Å².